The monoisotopic (exact) mass is 455 g/mol. The molecule has 2 aromatic carbocycles. The zero-order valence-corrected chi connectivity index (χ0v) is 18.4. The number of hydrogen-bond donors (Lipinski definition) is 0. The van der Waals surface area contributed by atoms with E-state index in [9.17, 15) is 18.0 Å². The molecule has 2 aliphatic heterocycles. The van der Waals surface area contributed by atoms with E-state index in [4.69, 9.17) is 0 Å². The molecule has 1 saturated heterocycles. The molecule has 2 aromatic rings. The summed E-state index contributed by atoms with van der Waals surface area (Å²) in [7, 11) is 0. The van der Waals surface area contributed by atoms with Crippen LogP contribution in [0.1, 0.15) is 35.2 Å². The first kappa shape index (κ1) is 23.1. The summed E-state index contributed by atoms with van der Waals surface area (Å²) in [5.41, 5.74) is 0.595. The molecule has 0 unspecified atom stereocenters. The highest BCUT2D eigenvalue weighted by Crippen LogP contribution is 2.32. The smallest absolute Gasteiger partial charge is 0.351 e. The number of halogens is 3. The zero-order valence-electron chi connectivity index (χ0n) is 18.4. The number of piperidine rings is 1. The second-order valence-electron chi connectivity index (χ2n) is 8.59. The normalized spacial score (nSPS) is 17.5. The minimum atomic E-state index is -4.35. The van der Waals surface area contributed by atoms with Crippen molar-refractivity contribution in [1.29, 1.82) is 0 Å². The number of nitrogens with zero attached hydrogens (tertiary/aromatic N) is 3. The Morgan fingerprint density at radius 3 is 2.27 bits per heavy atom. The summed E-state index contributed by atoms with van der Waals surface area (Å²) in [6.45, 7) is 3.19. The molecular formula is C26H28F3N3O. The molecule has 0 bridgehead atoms. The Hall–Kier alpha value is -3.06. The van der Waals surface area contributed by atoms with Gasteiger partial charge in [-0.25, -0.2) is 0 Å². The first-order valence-corrected chi connectivity index (χ1v) is 11.3. The van der Waals surface area contributed by atoms with Crippen molar-refractivity contribution in [2.75, 3.05) is 31.1 Å². The van der Waals surface area contributed by atoms with Crippen LogP contribution in [0.15, 0.2) is 79.4 Å². The van der Waals surface area contributed by atoms with Gasteiger partial charge in [-0.2, -0.15) is 13.2 Å². The van der Waals surface area contributed by atoms with Crippen LogP contribution in [0.25, 0.3) is 0 Å². The molecule has 0 saturated carbocycles. The summed E-state index contributed by atoms with van der Waals surface area (Å²) in [6, 6.07) is 14.7. The lowest BCUT2D eigenvalue weighted by Crippen LogP contribution is -2.38. The fourth-order valence-corrected chi connectivity index (χ4v) is 4.26. The molecule has 0 radical (unpaired) electrons. The molecule has 174 valence electrons. The number of carbonyl (C=O) groups is 1. The molecule has 4 rings (SSSR count). The van der Waals surface area contributed by atoms with Crippen LogP contribution in [0.2, 0.25) is 0 Å². The lowest BCUT2D eigenvalue weighted by Gasteiger charge is -2.32. The molecular weight excluding hydrogens is 427 g/mol. The van der Waals surface area contributed by atoms with Crippen LogP contribution in [-0.2, 0) is 6.18 Å². The second-order valence-corrected chi connectivity index (χ2v) is 8.59. The van der Waals surface area contributed by atoms with Crippen LogP contribution in [0, 0.1) is 5.92 Å². The number of hydrogen-bond acceptors (Lipinski definition) is 4. The minimum Gasteiger partial charge on any atom is -0.351 e. The molecule has 0 aromatic heterocycles. The van der Waals surface area contributed by atoms with Gasteiger partial charge in [-0.1, -0.05) is 36.4 Å². The largest absolute Gasteiger partial charge is 0.416 e. The van der Waals surface area contributed by atoms with Gasteiger partial charge < -0.3 is 9.80 Å². The van der Waals surface area contributed by atoms with E-state index >= 15 is 0 Å². The van der Waals surface area contributed by atoms with Gasteiger partial charge in [0.15, 0.2) is 5.78 Å². The van der Waals surface area contributed by atoms with Crippen molar-refractivity contribution in [2.24, 2.45) is 5.92 Å². The van der Waals surface area contributed by atoms with Crippen LogP contribution in [0.4, 0.5) is 18.9 Å². The average molecular weight is 456 g/mol. The molecule has 0 N–H and O–H groups in total. The summed E-state index contributed by atoms with van der Waals surface area (Å²) >= 11 is 0. The maximum atomic E-state index is 13.0. The highest BCUT2D eigenvalue weighted by Gasteiger charge is 2.30. The summed E-state index contributed by atoms with van der Waals surface area (Å²) in [5.74, 6) is 0.777. The van der Waals surface area contributed by atoms with Crippen LogP contribution in [-0.4, -0.2) is 41.8 Å². The van der Waals surface area contributed by atoms with E-state index in [2.05, 4.69) is 9.80 Å². The fraction of sp³-hybridized carbons (Fsp3) is 0.346. The predicted molar refractivity (Wildman–Crippen MR) is 123 cm³/mol. The number of alkyl halides is 3. The molecule has 4 nitrogen and oxygen atoms in total. The van der Waals surface area contributed by atoms with E-state index in [1.807, 2.05) is 42.7 Å². The topological polar surface area (TPSA) is 26.8 Å². The van der Waals surface area contributed by atoms with Crippen molar-refractivity contribution in [3.05, 3.63) is 90.5 Å². The highest BCUT2D eigenvalue weighted by atomic mass is 19.4. The van der Waals surface area contributed by atoms with Gasteiger partial charge in [0.1, 0.15) is 0 Å². The fourth-order valence-electron chi connectivity index (χ4n) is 4.26. The van der Waals surface area contributed by atoms with Crippen molar-refractivity contribution < 1.29 is 18.0 Å². The lowest BCUT2D eigenvalue weighted by molar-refractivity contribution is -0.137. The standard InChI is InChI=1S/C26H28F3N3O/c27-26(28,29)23-7-4-8-24(19-23)32-17-15-30(16-18-32)12-9-21-10-13-31(14-11-21)20-25(33)22-5-2-1-3-6-22/h1-8,15-19,21H,9-14,20H2. The molecule has 0 atom stereocenters. The third-order valence-electron chi connectivity index (χ3n) is 6.27. The average Bonchev–Trinajstić information content (AvgIpc) is 2.84. The summed E-state index contributed by atoms with van der Waals surface area (Å²) in [5, 5.41) is 0. The van der Waals surface area contributed by atoms with E-state index in [1.165, 1.54) is 6.07 Å². The van der Waals surface area contributed by atoms with Gasteiger partial charge in [0.2, 0.25) is 0 Å². The molecule has 1 fully saturated rings. The van der Waals surface area contributed by atoms with Crippen molar-refractivity contribution in [1.82, 2.24) is 9.80 Å². The van der Waals surface area contributed by atoms with Gasteiger partial charge in [-0.05, 0) is 56.5 Å². The Labute approximate surface area is 192 Å². The molecule has 2 aliphatic rings. The maximum absolute atomic E-state index is 13.0. The van der Waals surface area contributed by atoms with Gasteiger partial charge >= 0.3 is 6.18 Å². The third-order valence-corrected chi connectivity index (χ3v) is 6.27. The Bertz CT molecular complexity index is 981. The highest BCUT2D eigenvalue weighted by molar-refractivity contribution is 5.97. The predicted octanol–water partition coefficient (Wildman–Crippen LogP) is 5.75. The van der Waals surface area contributed by atoms with Crippen LogP contribution >= 0.6 is 0 Å². The number of likely N-dealkylation sites (tertiary alicyclic amines) is 1. The number of benzene rings is 2. The number of ketones is 1. The van der Waals surface area contributed by atoms with E-state index in [-0.39, 0.29) is 5.78 Å². The number of anilines is 1. The van der Waals surface area contributed by atoms with E-state index in [0.29, 0.717) is 18.2 Å². The van der Waals surface area contributed by atoms with Crippen LogP contribution in [0.3, 0.4) is 0 Å². The first-order valence-electron chi connectivity index (χ1n) is 11.3. The zero-order chi connectivity index (χ0) is 23.3. The van der Waals surface area contributed by atoms with Crippen molar-refractivity contribution >= 4 is 11.5 Å². The van der Waals surface area contributed by atoms with Gasteiger partial charge in [-0.3, -0.25) is 9.69 Å². The number of rotatable bonds is 7. The van der Waals surface area contributed by atoms with Crippen molar-refractivity contribution in [2.45, 2.75) is 25.4 Å². The number of Topliss-reactive ketones (excluding diaryl/α,β-unsaturated/α-hetero) is 1. The Balaban J connectivity index is 1.20. The van der Waals surface area contributed by atoms with E-state index < -0.39 is 11.7 Å². The minimum absolute atomic E-state index is 0.169. The molecule has 0 amide bonds. The van der Waals surface area contributed by atoms with E-state index in [1.54, 1.807) is 23.4 Å². The molecule has 0 aliphatic carbocycles. The molecule has 0 spiro atoms. The lowest BCUT2D eigenvalue weighted by atomic mass is 9.93. The van der Waals surface area contributed by atoms with E-state index in [0.717, 1.165) is 56.6 Å². The van der Waals surface area contributed by atoms with Crippen LogP contribution < -0.4 is 4.90 Å². The summed E-state index contributed by atoms with van der Waals surface area (Å²) in [4.78, 5) is 18.4. The molecule has 33 heavy (non-hydrogen) atoms. The van der Waals surface area contributed by atoms with Gasteiger partial charge in [-0.15, -0.1) is 0 Å². The number of carbonyl (C=O) groups excluding carboxylic acids is 1. The van der Waals surface area contributed by atoms with Gasteiger partial charge in [0.05, 0.1) is 12.1 Å². The SMILES string of the molecule is O=C(CN1CCC(CCN2C=CN(c3cccc(C(F)(F)F)c3)C=C2)CC1)c1ccccc1. The summed E-state index contributed by atoms with van der Waals surface area (Å²) < 4.78 is 38.9. The third kappa shape index (κ3) is 6.26. The molecule has 7 heteroatoms. The van der Waals surface area contributed by atoms with Crippen molar-refractivity contribution in [3.63, 3.8) is 0 Å². The quantitative estimate of drug-likeness (QED) is 0.497. The van der Waals surface area contributed by atoms with Crippen LogP contribution in [0.5, 0.6) is 0 Å². The van der Waals surface area contributed by atoms with Gasteiger partial charge in [0, 0.05) is 42.6 Å². The maximum Gasteiger partial charge on any atom is 0.416 e. The second kappa shape index (κ2) is 10.3. The van der Waals surface area contributed by atoms with Gasteiger partial charge in [0.25, 0.3) is 0 Å². The summed E-state index contributed by atoms with van der Waals surface area (Å²) in [6.07, 6.45) is 6.19. The van der Waals surface area contributed by atoms with Crippen molar-refractivity contribution in [3.8, 4) is 0 Å². The Morgan fingerprint density at radius 1 is 0.909 bits per heavy atom. The Morgan fingerprint density at radius 2 is 1.61 bits per heavy atom. The first-order chi connectivity index (χ1) is 15.9. The Kier molecular flexibility index (Phi) is 7.18. The molecule has 2 heterocycles.